The molecule has 10 nitrogen and oxygen atoms in total. The number of benzene rings is 2. The van der Waals surface area contributed by atoms with Crippen LogP contribution in [0.1, 0.15) is 5.56 Å². The number of nitrogens with zero attached hydrogens (tertiary/aromatic N) is 3. The lowest BCUT2D eigenvalue weighted by Crippen LogP contribution is -1.98. The minimum atomic E-state index is -0.575. The fourth-order valence-corrected chi connectivity index (χ4v) is 2.11. The van der Waals surface area contributed by atoms with E-state index in [1.54, 1.807) is 6.07 Å². The van der Waals surface area contributed by atoms with Gasteiger partial charge in [0.15, 0.2) is 11.5 Å². The zero-order valence-electron chi connectivity index (χ0n) is 12.0. The Labute approximate surface area is 134 Å². The van der Waals surface area contributed by atoms with Gasteiger partial charge in [-0.15, -0.1) is 0 Å². The highest BCUT2D eigenvalue weighted by Crippen LogP contribution is 2.37. The van der Waals surface area contributed by atoms with Crippen molar-refractivity contribution in [3.05, 3.63) is 62.2 Å². The number of rotatable bonds is 5. The highest BCUT2D eigenvalue weighted by Gasteiger charge is 2.22. The Morgan fingerprint density at radius 1 is 1.04 bits per heavy atom. The molecule has 0 bridgehead atoms. The summed E-state index contributed by atoms with van der Waals surface area (Å²) in [6, 6.07) is 8.59. The van der Waals surface area contributed by atoms with Gasteiger partial charge in [-0.05, 0) is 12.1 Å². The first-order valence-corrected chi connectivity index (χ1v) is 6.67. The molecule has 2 aromatic rings. The number of para-hydroxylation sites is 2. The third-order valence-corrected chi connectivity index (χ3v) is 3.21. The van der Waals surface area contributed by atoms with Crippen LogP contribution in [-0.2, 0) is 0 Å². The first kappa shape index (κ1) is 15.2. The van der Waals surface area contributed by atoms with Crippen molar-refractivity contribution in [1.29, 1.82) is 0 Å². The van der Waals surface area contributed by atoms with Crippen molar-refractivity contribution in [2.24, 2.45) is 5.10 Å². The molecular formula is C14H10N4O6. The maximum Gasteiger partial charge on any atom is 0.294 e. The Hall–Kier alpha value is -3.69. The number of nitrogens with one attached hydrogen (secondary N) is 1. The van der Waals surface area contributed by atoms with Gasteiger partial charge >= 0.3 is 0 Å². The third-order valence-electron chi connectivity index (χ3n) is 3.21. The van der Waals surface area contributed by atoms with Crippen LogP contribution in [0, 0.1) is 20.2 Å². The number of hydrazone groups is 1. The van der Waals surface area contributed by atoms with E-state index >= 15 is 0 Å². The molecule has 3 rings (SSSR count). The van der Waals surface area contributed by atoms with E-state index in [0.717, 1.165) is 0 Å². The minimum absolute atomic E-state index is 0.0124. The van der Waals surface area contributed by atoms with Gasteiger partial charge in [-0.1, -0.05) is 12.1 Å². The van der Waals surface area contributed by atoms with Gasteiger partial charge in [0.05, 0.1) is 27.7 Å². The molecule has 0 saturated heterocycles. The van der Waals surface area contributed by atoms with Crippen LogP contribution in [0.15, 0.2) is 41.5 Å². The number of fused-ring (bicyclic) bond motifs is 1. The van der Waals surface area contributed by atoms with Gasteiger partial charge in [0, 0.05) is 6.07 Å². The summed E-state index contributed by atoms with van der Waals surface area (Å²) >= 11 is 0. The lowest BCUT2D eigenvalue weighted by atomic mass is 10.1. The number of anilines is 1. The fourth-order valence-electron chi connectivity index (χ4n) is 2.11. The van der Waals surface area contributed by atoms with Gasteiger partial charge in [-0.3, -0.25) is 25.7 Å². The van der Waals surface area contributed by atoms with Crippen LogP contribution < -0.4 is 14.9 Å². The van der Waals surface area contributed by atoms with Crippen LogP contribution in [0.4, 0.5) is 17.1 Å². The zero-order valence-corrected chi connectivity index (χ0v) is 12.0. The summed E-state index contributed by atoms with van der Waals surface area (Å²) in [5, 5.41) is 25.9. The predicted octanol–water partition coefficient (Wildman–Crippen LogP) is 2.68. The second-order valence-electron chi connectivity index (χ2n) is 4.67. The Morgan fingerprint density at radius 3 is 2.42 bits per heavy atom. The van der Waals surface area contributed by atoms with Gasteiger partial charge in [0.2, 0.25) is 6.79 Å². The molecule has 1 aliphatic rings. The molecule has 1 aliphatic heterocycles. The molecule has 1 heterocycles. The number of hydrogen-bond acceptors (Lipinski definition) is 8. The maximum atomic E-state index is 11.1. The molecule has 0 aliphatic carbocycles. The SMILES string of the molecule is O=[N+]([O-])c1cc2c(cc1/C=N\Nc1ccccc1[N+](=O)[O-])OCO2. The van der Waals surface area contributed by atoms with Crippen molar-refractivity contribution in [3.8, 4) is 11.5 Å². The van der Waals surface area contributed by atoms with Gasteiger partial charge < -0.3 is 9.47 Å². The highest BCUT2D eigenvalue weighted by atomic mass is 16.7. The molecule has 0 unspecified atom stereocenters. The lowest BCUT2D eigenvalue weighted by molar-refractivity contribution is -0.385. The summed E-state index contributed by atoms with van der Waals surface area (Å²) in [5.41, 5.74) is 2.48. The summed E-state index contributed by atoms with van der Waals surface area (Å²) in [6.07, 6.45) is 1.19. The summed E-state index contributed by atoms with van der Waals surface area (Å²) < 4.78 is 10.3. The first-order valence-electron chi connectivity index (χ1n) is 6.67. The van der Waals surface area contributed by atoms with Crippen LogP contribution in [0.3, 0.4) is 0 Å². The molecule has 1 N–H and O–H groups in total. The van der Waals surface area contributed by atoms with E-state index in [2.05, 4.69) is 10.5 Å². The van der Waals surface area contributed by atoms with Crippen molar-refractivity contribution in [1.82, 2.24) is 0 Å². The third kappa shape index (κ3) is 2.92. The average molecular weight is 330 g/mol. The highest BCUT2D eigenvalue weighted by molar-refractivity contribution is 5.87. The molecule has 0 spiro atoms. The Kier molecular flexibility index (Phi) is 3.93. The molecule has 0 amide bonds. The van der Waals surface area contributed by atoms with Crippen LogP contribution in [0.2, 0.25) is 0 Å². The van der Waals surface area contributed by atoms with E-state index in [-0.39, 0.29) is 35.2 Å². The van der Waals surface area contributed by atoms with Crippen molar-refractivity contribution < 1.29 is 19.3 Å². The van der Waals surface area contributed by atoms with Crippen LogP contribution in [0.25, 0.3) is 0 Å². The predicted molar refractivity (Wildman–Crippen MR) is 83.5 cm³/mol. The molecule has 10 heteroatoms. The molecule has 24 heavy (non-hydrogen) atoms. The van der Waals surface area contributed by atoms with Gasteiger partial charge in [0.25, 0.3) is 11.4 Å². The minimum Gasteiger partial charge on any atom is -0.454 e. The second-order valence-corrected chi connectivity index (χ2v) is 4.67. The summed E-state index contributed by atoms with van der Waals surface area (Å²) in [4.78, 5) is 20.9. The number of hydrogen-bond donors (Lipinski definition) is 1. The van der Waals surface area contributed by atoms with Crippen molar-refractivity contribution >= 4 is 23.3 Å². The van der Waals surface area contributed by atoms with E-state index in [1.807, 2.05) is 0 Å². The molecule has 0 radical (unpaired) electrons. The monoisotopic (exact) mass is 330 g/mol. The topological polar surface area (TPSA) is 129 Å². The molecule has 2 aromatic carbocycles. The smallest absolute Gasteiger partial charge is 0.294 e. The summed E-state index contributed by atoms with van der Waals surface area (Å²) in [5.74, 6) is 0.651. The second kappa shape index (κ2) is 6.20. The molecule has 0 saturated carbocycles. The fraction of sp³-hybridized carbons (Fsp3) is 0.0714. The number of nitro benzene ring substituents is 2. The van der Waals surface area contributed by atoms with Crippen LogP contribution in [0.5, 0.6) is 11.5 Å². The van der Waals surface area contributed by atoms with E-state index in [0.29, 0.717) is 5.75 Å². The Bertz CT molecular complexity index is 851. The van der Waals surface area contributed by atoms with Gasteiger partial charge in [-0.25, -0.2) is 0 Å². The molecule has 0 fully saturated rings. The van der Waals surface area contributed by atoms with Crippen molar-refractivity contribution in [2.45, 2.75) is 0 Å². The lowest BCUT2D eigenvalue weighted by Gasteiger charge is -2.02. The van der Waals surface area contributed by atoms with Gasteiger partial charge in [-0.2, -0.15) is 5.10 Å². The Balaban J connectivity index is 1.88. The van der Waals surface area contributed by atoms with Gasteiger partial charge in [0.1, 0.15) is 5.69 Å². The normalized spacial score (nSPS) is 12.3. The summed E-state index contributed by atoms with van der Waals surface area (Å²) in [6.45, 7) is -0.0124. The van der Waals surface area contributed by atoms with E-state index in [9.17, 15) is 20.2 Å². The maximum absolute atomic E-state index is 11.1. The molecule has 0 atom stereocenters. The van der Waals surface area contributed by atoms with E-state index < -0.39 is 9.85 Å². The van der Waals surface area contributed by atoms with E-state index in [4.69, 9.17) is 9.47 Å². The molecule has 122 valence electrons. The largest absolute Gasteiger partial charge is 0.454 e. The standard InChI is InChI=1S/C14H10N4O6/c19-17(20)11-4-2-1-3-10(11)16-15-7-9-5-13-14(24-8-23-13)6-12(9)18(21)22/h1-7,16H,8H2/b15-7-. The van der Waals surface area contributed by atoms with Crippen molar-refractivity contribution in [2.75, 3.05) is 12.2 Å². The summed E-state index contributed by atoms with van der Waals surface area (Å²) in [7, 11) is 0. The molecule has 0 aromatic heterocycles. The van der Waals surface area contributed by atoms with Crippen LogP contribution in [-0.4, -0.2) is 22.9 Å². The van der Waals surface area contributed by atoms with Crippen molar-refractivity contribution in [3.63, 3.8) is 0 Å². The first-order chi connectivity index (χ1) is 11.6. The molecular weight excluding hydrogens is 320 g/mol. The zero-order chi connectivity index (χ0) is 17.1. The average Bonchev–Trinajstić information content (AvgIpc) is 3.01. The quantitative estimate of drug-likeness (QED) is 0.506. The number of nitro groups is 2. The van der Waals surface area contributed by atoms with E-state index in [1.165, 1.54) is 36.5 Å². The Morgan fingerprint density at radius 2 is 1.71 bits per heavy atom. The number of ether oxygens (including phenoxy) is 2. The van der Waals surface area contributed by atoms with Crippen LogP contribution >= 0.6 is 0 Å².